The number of carbonyl (C=O) groups is 2. The van der Waals surface area contributed by atoms with Gasteiger partial charge in [0.25, 0.3) is 5.91 Å². The highest BCUT2D eigenvalue weighted by molar-refractivity contribution is 7.91. The zero-order valence-electron chi connectivity index (χ0n) is 17.1. The predicted octanol–water partition coefficient (Wildman–Crippen LogP) is 1.32. The molecular weight excluding hydrogens is 468 g/mol. The van der Waals surface area contributed by atoms with E-state index in [1.165, 1.54) is 28.4 Å². The van der Waals surface area contributed by atoms with Gasteiger partial charge in [0.05, 0.1) is 27.0 Å². The molecule has 9 nitrogen and oxygen atoms in total. The number of piperidine rings is 1. The molecule has 12 heteroatoms. The summed E-state index contributed by atoms with van der Waals surface area (Å²) < 4.78 is 55.3. The predicted molar refractivity (Wildman–Crippen MR) is 114 cm³/mol. The van der Waals surface area contributed by atoms with Crippen molar-refractivity contribution in [1.29, 1.82) is 0 Å². The topological polar surface area (TPSA) is 118 Å². The number of nitrogens with zero attached hydrogens (tertiary/aromatic N) is 2. The fourth-order valence-electron chi connectivity index (χ4n) is 3.67. The lowest BCUT2D eigenvalue weighted by Crippen LogP contribution is -2.40. The van der Waals surface area contributed by atoms with Crippen LogP contribution in [-0.4, -0.2) is 82.2 Å². The van der Waals surface area contributed by atoms with Crippen LogP contribution >= 0.6 is 11.6 Å². The second-order valence-corrected chi connectivity index (χ2v) is 12.3. The summed E-state index contributed by atoms with van der Waals surface area (Å²) in [7, 11) is -5.47. The minimum absolute atomic E-state index is 0.00489. The van der Waals surface area contributed by atoms with Crippen LogP contribution in [0.1, 0.15) is 36.0 Å². The molecule has 0 spiro atoms. The monoisotopic (exact) mass is 492 g/mol. The highest BCUT2D eigenvalue weighted by Crippen LogP contribution is 2.26. The second kappa shape index (κ2) is 9.43. The lowest BCUT2D eigenvalue weighted by atomic mass is 10.2. The molecule has 0 aliphatic carbocycles. The molecule has 1 amide bonds. The third-order valence-electron chi connectivity index (χ3n) is 5.59. The zero-order chi connectivity index (χ0) is 22.8. The first-order valence-corrected chi connectivity index (χ1v) is 13.6. The van der Waals surface area contributed by atoms with Crippen molar-refractivity contribution in [3.63, 3.8) is 0 Å². The van der Waals surface area contributed by atoms with E-state index in [9.17, 15) is 26.4 Å². The summed E-state index contributed by atoms with van der Waals surface area (Å²) >= 11 is 6.07. The molecule has 2 aliphatic rings. The number of esters is 1. The zero-order valence-corrected chi connectivity index (χ0v) is 19.5. The summed E-state index contributed by atoms with van der Waals surface area (Å²) in [5.41, 5.74) is -0.154. The molecule has 1 aromatic rings. The Morgan fingerprint density at radius 1 is 1.23 bits per heavy atom. The summed E-state index contributed by atoms with van der Waals surface area (Å²) in [5, 5.41) is 0.00489. The van der Waals surface area contributed by atoms with Crippen LogP contribution in [0.2, 0.25) is 5.02 Å². The fourth-order valence-corrected chi connectivity index (χ4v) is 7.18. The molecule has 0 aromatic heterocycles. The maximum Gasteiger partial charge on any atom is 0.340 e. The Kier molecular flexibility index (Phi) is 7.29. The molecule has 0 saturated carbocycles. The van der Waals surface area contributed by atoms with Crippen LogP contribution in [0.25, 0.3) is 0 Å². The second-order valence-electron chi connectivity index (χ2n) is 7.74. The van der Waals surface area contributed by atoms with Crippen molar-refractivity contribution < 1.29 is 31.2 Å². The number of hydrogen-bond donors (Lipinski definition) is 0. The minimum atomic E-state index is -3.77. The van der Waals surface area contributed by atoms with E-state index in [0.29, 0.717) is 19.5 Å². The summed E-state index contributed by atoms with van der Waals surface area (Å²) in [6.07, 6.45) is 2.86. The van der Waals surface area contributed by atoms with Gasteiger partial charge in [-0.05, 0) is 37.5 Å². The third kappa shape index (κ3) is 5.57. The fraction of sp³-hybridized carbons (Fsp3) is 0.579. The Bertz CT molecular complexity index is 1070. The number of amides is 1. The number of likely N-dealkylation sites (N-methyl/N-ethyl adjacent to an activating group) is 1. The number of hydrogen-bond acceptors (Lipinski definition) is 7. The van der Waals surface area contributed by atoms with Crippen LogP contribution in [0, 0.1) is 0 Å². The summed E-state index contributed by atoms with van der Waals surface area (Å²) in [6.45, 7) is 0.232. The van der Waals surface area contributed by atoms with E-state index in [-0.39, 0.29) is 27.0 Å². The smallest absolute Gasteiger partial charge is 0.340 e. The first-order valence-electron chi connectivity index (χ1n) is 9.94. The molecule has 172 valence electrons. The summed E-state index contributed by atoms with van der Waals surface area (Å²) in [4.78, 5) is 26.0. The molecule has 0 radical (unpaired) electrons. The van der Waals surface area contributed by atoms with Crippen molar-refractivity contribution in [1.82, 2.24) is 9.21 Å². The number of halogens is 1. The number of rotatable bonds is 6. The van der Waals surface area contributed by atoms with Gasteiger partial charge < -0.3 is 9.64 Å². The van der Waals surface area contributed by atoms with Gasteiger partial charge in [-0.2, -0.15) is 4.31 Å². The van der Waals surface area contributed by atoms with Crippen LogP contribution in [0.15, 0.2) is 23.1 Å². The molecule has 1 atom stereocenters. The van der Waals surface area contributed by atoms with Crippen molar-refractivity contribution in [3.8, 4) is 0 Å². The van der Waals surface area contributed by atoms with Crippen molar-refractivity contribution in [2.45, 2.75) is 36.6 Å². The molecule has 2 aliphatic heterocycles. The van der Waals surface area contributed by atoms with Gasteiger partial charge in [0.15, 0.2) is 16.4 Å². The minimum Gasteiger partial charge on any atom is -0.452 e. The Balaban J connectivity index is 1.67. The molecule has 1 aromatic carbocycles. The first-order chi connectivity index (χ1) is 14.5. The van der Waals surface area contributed by atoms with E-state index >= 15 is 0 Å². The number of benzene rings is 1. The quantitative estimate of drug-likeness (QED) is 0.549. The molecule has 2 saturated heterocycles. The number of sulfonamides is 1. The molecule has 2 fully saturated rings. The number of carbonyl (C=O) groups excluding carboxylic acids is 2. The van der Waals surface area contributed by atoms with E-state index in [2.05, 4.69) is 0 Å². The van der Waals surface area contributed by atoms with Gasteiger partial charge in [-0.1, -0.05) is 18.0 Å². The number of sulfone groups is 1. The van der Waals surface area contributed by atoms with Crippen LogP contribution < -0.4 is 0 Å². The summed E-state index contributed by atoms with van der Waals surface area (Å²) in [6, 6.07) is 3.35. The maximum absolute atomic E-state index is 12.8. The lowest BCUT2D eigenvalue weighted by Gasteiger charge is -2.26. The standard InChI is InChI=1S/C19H25ClN2O7S2/c1-21(14-7-10-30(25,26)13-14)18(23)12-29-19(24)16-11-15(5-6-17(16)20)31(27,28)22-8-3-2-4-9-22/h5-6,11,14H,2-4,7-10,12-13H2,1H3. The SMILES string of the molecule is CN(C(=O)COC(=O)c1cc(S(=O)(=O)N2CCCCC2)ccc1Cl)C1CCS(=O)(=O)C1. The normalized spacial score (nSPS) is 21.5. The molecule has 3 rings (SSSR count). The highest BCUT2D eigenvalue weighted by Gasteiger charge is 2.33. The van der Waals surface area contributed by atoms with Crippen molar-refractivity contribution >= 4 is 43.3 Å². The maximum atomic E-state index is 12.8. The Labute approximate surface area is 187 Å². The van der Waals surface area contributed by atoms with Crippen LogP contribution in [0.4, 0.5) is 0 Å². The first kappa shape index (κ1) is 24.0. The number of ether oxygens (including phenoxy) is 1. The molecule has 31 heavy (non-hydrogen) atoms. The largest absolute Gasteiger partial charge is 0.452 e. The van der Waals surface area contributed by atoms with Gasteiger partial charge in [0.2, 0.25) is 10.0 Å². The van der Waals surface area contributed by atoms with Gasteiger partial charge in [0, 0.05) is 26.2 Å². The molecule has 1 unspecified atom stereocenters. The van der Waals surface area contributed by atoms with Crippen LogP contribution in [-0.2, 0) is 29.4 Å². The van der Waals surface area contributed by atoms with E-state index in [1.54, 1.807) is 0 Å². The molecule has 0 bridgehead atoms. The average Bonchev–Trinajstić information content (AvgIpc) is 3.11. The third-order valence-corrected chi connectivity index (χ3v) is 9.56. The Morgan fingerprint density at radius 2 is 1.90 bits per heavy atom. The lowest BCUT2D eigenvalue weighted by molar-refractivity contribution is -0.134. The van der Waals surface area contributed by atoms with Crippen LogP contribution in [0.5, 0.6) is 0 Å². The van der Waals surface area contributed by atoms with E-state index in [1.807, 2.05) is 0 Å². The Hall–Kier alpha value is -1.69. The van der Waals surface area contributed by atoms with Crippen LogP contribution in [0.3, 0.4) is 0 Å². The van der Waals surface area contributed by atoms with Crippen molar-refractivity contribution in [2.75, 3.05) is 38.2 Å². The van der Waals surface area contributed by atoms with Gasteiger partial charge >= 0.3 is 5.97 Å². The van der Waals surface area contributed by atoms with E-state index in [0.717, 1.165) is 25.3 Å². The van der Waals surface area contributed by atoms with Crippen molar-refractivity contribution in [2.24, 2.45) is 0 Å². The highest BCUT2D eigenvalue weighted by atomic mass is 35.5. The van der Waals surface area contributed by atoms with Gasteiger partial charge in [-0.25, -0.2) is 21.6 Å². The van der Waals surface area contributed by atoms with Gasteiger partial charge in [-0.3, -0.25) is 4.79 Å². The molecule has 0 N–H and O–H groups in total. The average molecular weight is 493 g/mol. The molecular formula is C19H25ClN2O7S2. The van der Waals surface area contributed by atoms with Crippen molar-refractivity contribution in [3.05, 3.63) is 28.8 Å². The van der Waals surface area contributed by atoms with E-state index in [4.69, 9.17) is 16.3 Å². The Morgan fingerprint density at radius 3 is 2.52 bits per heavy atom. The molecule has 2 heterocycles. The van der Waals surface area contributed by atoms with E-state index < -0.39 is 44.4 Å². The van der Waals surface area contributed by atoms with Gasteiger partial charge in [0.1, 0.15) is 0 Å². The van der Waals surface area contributed by atoms with Gasteiger partial charge in [-0.15, -0.1) is 0 Å². The summed E-state index contributed by atoms with van der Waals surface area (Å²) in [5.74, 6) is -1.58.